The van der Waals surface area contributed by atoms with Crippen molar-refractivity contribution in [3.05, 3.63) is 35.6 Å². The van der Waals surface area contributed by atoms with Crippen molar-refractivity contribution >= 4 is 17.8 Å². The van der Waals surface area contributed by atoms with Crippen molar-refractivity contribution in [3.63, 3.8) is 0 Å². The van der Waals surface area contributed by atoms with Crippen molar-refractivity contribution in [1.29, 1.82) is 0 Å². The zero-order valence-corrected chi connectivity index (χ0v) is 21.7. The van der Waals surface area contributed by atoms with Gasteiger partial charge in [-0.2, -0.15) is 0 Å². The van der Waals surface area contributed by atoms with E-state index in [1.807, 2.05) is 0 Å². The van der Waals surface area contributed by atoms with Crippen molar-refractivity contribution in [2.45, 2.75) is 97.4 Å². The van der Waals surface area contributed by atoms with Gasteiger partial charge in [0.2, 0.25) is 5.91 Å². The minimum Gasteiger partial charge on any atom is -0.479 e. The van der Waals surface area contributed by atoms with Gasteiger partial charge in [0.05, 0.1) is 18.6 Å². The first kappa shape index (κ1) is 28.7. The molecule has 0 spiro atoms. The quantitative estimate of drug-likeness (QED) is 0.504. The highest BCUT2D eigenvalue weighted by Gasteiger charge is 2.39. The fourth-order valence-electron chi connectivity index (χ4n) is 4.17. The topological polar surface area (TPSA) is 102 Å². The number of hydrogen-bond acceptors (Lipinski definition) is 6. The Morgan fingerprint density at radius 2 is 1.71 bits per heavy atom. The summed E-state index contributed by atoms with van der Waals surface area (Å²) in [7, 11) is 0. The number of carboxylic acid groups (broad SMARTS) is 1. The summed E-state index contributed by atoms with van der Waals surface area (Å²) in [5.41, 5.74) is -0.301. The van der Waals surface area contributed by atoms with Crippen molar-refractivity contribution in [1.82, 2.24) is 4.90 Å². The third kappa shape index (κ3) is 8.89. The lowest BCUT2D eigenvalue weighted by molar-refractivity contribution is -0.301. The first-order chi connectivity index (χ1) is 16.1. The molecule has 1 saturated heterocycles. The van der Waals surface area contributed by atoms with Crippen molar-refractivity contribution in [3.8, 4) is 0 Å². The van der Waals surface area contributed by atoms with Crippen LogP contribution < -0.4 is 0 Å². The molecule has 0 aliphatic carbocycles. The molecular formula is C26H38FNO7. The Morgan fingerprint density at radius 3 is 2.23 bits per heavy atom. The number of aliphatic carboxylic acids is 1. The molecule has 1 aliphatic heterocycles. The van der Waals surface area contributed by atoms with Crippen LogP contribution in [0.15, 0.2) is 24.3 Å². The minimum absolute atomic E-state index is 0.0581. The summed E-state index contributed by atoms with van der Waals surface area (Å²) in [5, 5.41) is 9.96. The predicted molar refractivity (Wildman–Crippen MR) is 127 cm³/mol. The number of rotatable bonds is 9. The second kappa shape index (κ2) is 11.5. The van der Waals surface area contributed by atoms with E-state index in [4.69, 9.17) is 14.2 Å². The summed E-state index contributed by atoms with van der Waals surface area (Å²) >= 11 is 0. The standard InChI is InChI=1S/C26H38FNO7/c1-16(2)23(30)28(22(24(31)32)17-8-10-18(27)11-9-17)13-12-19-14-20(34-26(6,7)33-19)15-21(29)35-25(3,4)5/h8-11,16,19-20,22H,12-15H2,1-7H3,(H,31,32)/t19-,20?,22?/m1/s1. The molecule has 0 radical (unpaired) electrons. The van der Waals surface area contributed by atoms with Gasteiger partial charge in [0.25, 0.3) is 0 Å². The molecule has 196 valence electrons. The summed E-state index contributed by atoms with van der Waals surface area (Å²) in [6.07, 6.45) is -0.0407. The van der Waals surface area contributed by atoms with Crippen LogP contribution >= 0.6 is 0 Å². The van der Waals surface area contributed by atoms with E-state index in [1.165, 1.54) is 29.2 Å². The molecule has 1 amide bonds. The molecule has 0 saturated carbocycles. The highest BCUT2D eigenvalue weighted by molar-refractivity contribution is 5.85. The maximum Gasteiger partial charge on any atom is 0.331 e. The summed E-state index contributed by atoms with van der Waals surface area (Å²) in [6, 6.07) is 3.83. The Balaban J connectivity index is 2.19. The molecule has 3 atom stereocenters. The lowest BCUT2D eigenvalue weighted by Gasteiger charge is -2.41. The summed E-state index contributed by atoms with van der Waals surface area (Å²) < 4.78 is 30.8. The summed E-state index contributed by atoms with van der Waals surface area (Å²) in [6.45, 7) is 12.4. The van der Waals surface area contributed by atoms with Crippen LogP contribution in [-0.4, -0.2) is 58.0 Å². The number of carbonyl (C=O) groups is 3. The third-order valence-electron chi connectivity index (χ3n) is 5.44. The molecule has 0 bridgehead atoms. The number of amides is 1. The van der Waals surface area contributed by atoms with Crippen LogP contribution in [0.4, 0.5) is 4.39 Å². The normalized spacial score (nSPS) is 20.8. The van der Waals surface area contributed by atoms with Gasteiger partial charge in [-0.05, 0) is 58.7 Å². The van der Waals surface area contributed by atoms with E-state index in [0.717, 1.165) is 0 Å². The molecule has 2 unspecified atom stereocenters. The van der Waals surface area contributed by atoms with E-state index in [2.05, 4.69) is 0 Å². The second-order valence-electron chi connectivity index (χ2n) is 10.7. The molecule has 9 heteroatoms. The fraction of sp³-hybridized carbons (Fsp3) is 0.654. The van der Waals surface area contributed by atoms with E-state index < -0.39 is 41.2 Å². The lowest BCUT2D eigenvalue weighted by atomic mass is 10.00. The van der Waals surface area contributed by atoms with Crippen molar-refractivity contribution < 1.29 is 38.1 Å². The molecule has 2 rings (SSSR count). The number of esters is 1. The lowest BCUT2D eigenvalue weighted by Crippen LogP contribution is -2.48. The van der Waals surface area contributed by atoms with E-state index in [-0.39, 0.29) is 30.9 Å². The van der Waals surface area contributed by atoms with Gasteiger partial charge in [-0.3, -0.25) is 9.59 Å². The van der Waals surface area contributed by atoms with E-state index >= 15 is 0 Å². The van der Waals surface area contributed by atoms with Gasteiger partial charge in [0.15, 0.2) is 11.8 Å². The monoisotopic (exact) mass is 495 g/mol. The second-order valence-corrected chi connectivity index (χ2v) is 10.7. The van der Waals surface area contributed by atoms with E-state index in [0.29, 0.717) is 18.4 Å². The number of hydrogen-bond donors (Lipinski definition) is 1. The SMILES string of the molecule is CC(C)C(=O)N(CC[C@@H]1CC(CC(=O)OC(C)(C)C)OC(C)(C)O1)C(C(=O)O)c1ccc(F)cc1. The maximum absolute atomic E-state index is 13.4. The molecule has 1 aromatic rings. The Labute approximate surface area is 206 Å². The third-order valence-corrected chi connectivity index (χ3v) is 5.44. The molecule has 1 N–H and O–H groups in total. The van der Waals surface area contributed by atoms with Crippen molar-refractivity contribution in [2.75, 3.05) is 6.54 Å². The zero-order valence-electron chi connectivity index (χ0n) is 21.7. The van der Waals surface area contributed by atoms with E-state index in [9.17, 15) is 23.9 Å². The molecule has 1 aromatic carbocycles. The summed E-state index contributed by atoms with van der Waals surface area (Å²) in [5.74, 6) is -3.82. The molecule has 1 fully saturated rings. The van der Waals surface area contributed by atoms with Gasteiger partial charge in [-0.15, -0.1) is 0 Å². The number of nitrogens with zero attached hydrogens (tertiary/aromatic N) is 1. The number of benzene rings is 1. The van der Waals surface area contributed by atoms with Gasteiger partial charge in [-0.1, -0.05) is 26.0 Å². The van der Waals surface area contributed by atoms with Crippen LogP contribution in [0.2, 0.25) is 0 Å². The van der Waals surface area contributed by atoms with Crippen molar-refractivity contribution in [2.24, 2.45) is 5.92 Å². The van der Waals surface area contributed by atoms with Crippen LogP contribution in [0, 0.1) is 11.7 Å². The predicted octanol–water partition coefficient (Wildman–Crippen LogP) is 4.47. The van der Waals surface area contributed by atoms with Crippen LogP contribution in [0.3, 0.4) is 0 Å². The summed E-state index contributed by atoms with van der Waals surface area (Å²) in [4.78, 5) is 38.9. The number of carbonyl (C=O) groups excluding carboxylic acids is 2. The number of halogens is 1. The average molecular weight is 496 g/mol. The first-order valence-electron chi connectivity index (χ1n) is 11.9. The highest BCUT2D eigenvalue weighted by Crippen LogP contribution is 2.32. The van der Waals surface area contributed by atoms with Crippen LogP contribution in [0.5, 0.6) is 0 Å². The van der Waals surface area contributed by atoms with Gasteiger partial charge >= 0.3 is 11.9 Å². The Bertz CT molecular complexity index is 892. The van der Waals surface area contributed by atoms with Crippen LogP contribution in [0.1, 0.15) is 79.3 Å². The van der Waals surface area contributed by atoms with E-state index in [1.54, 1.807) is 48.5 Å². The molecule has 1 heterocycles. The maximum atomic E-state index is 13.4. The average Bonchev–Trinajstić information content (AvgIpc) is 2.68. The number of carboxylic acids is 1. The molecule has 35 heavy (non-hydrogen) atoms. The molecule has 8 nitrogen and oxygen atoms in total. The Hall–Kier alpha value is -2.52. The largest absolute Gasteiger partial charge is 0.479 e. The van der Waals surface area contributed by atoms with Gasteiger partial charge in [-0.25, -0.2) is 9.18 Å². The Morgan fingerprint density at radius 1 is 1.14 bits per heavy atom. The minimum atomic E-state index is -1.27. The van der Waals surface area contributed by atoms with Crippen LogP contribution in [-0.2, 0) is 28.6 Å². The fourth-order valence-corrected chi connectivity index (χ4v) is 4.17. The molecule has 0 aromatic heterocycles. The zero-order chi connectivity index (χ0) is 26.6. The molecule has 1 aliphatic rings. The molecular weight excluding hydrogens is 457 g/mol. The number of ether oxygens (including phenoxy) is 3. The van der Waals surface area contributed by atoms with Gasteiger partial charge < -0.3 is 24.2 Å². The van der Waals surface area contributed by atoms with Gasteiger partial charge in [0, 0.05) is 18.9 Å². The van der Waals surface area contributed by atoms with Crippen LogP contribution in [0.25, 0.3) is 0 Å². The highest BCUT2D eigenvalue weighted by atomic mass is 19.1. The smallest absolute Gasteiger partial charge is 0.331 e. The van der Waals surface area contributed by atoms with Gasteiger partial charge in [0.1, 0.15) is 11.4 Å². The Kier molecular flexibility index (Phi) is 9.42. The first-order valence-corrected chi connectivity index (χ1v) is 11.9.